The molecule has 4 unspecified atom stereocenters. The third kappa shape index (κ3) is 2.94. The van der Waals surface area contributed by atoms with Crippen molar-refractivity contribution >= 4 is 0 Å². The van der Waals surface area contributed by atoms with Gasteiger partial charge in [-0.3, -0.25) is 0 Å². The van der Waals surface area contributed by atoms with Gasteiger partial charge in [0, 0.05) is 25.8 Å². The summed E-state index contributed by atoms with van der Waals surface area (Å²) in [5.41, 5.74) is 0. The van der Waals surface area contributed by atoms with Crippen LogP contribution in [0.3, 0.4) is 0 Å². The van der Waals surface area contributed by atoms with Gasteiger partial charge in [0.05, 0.1) is 6.10 Å². The molecule has 84 valence electrons. The van der Waals surface area contributed by atoms with Crippen molar-refractivity contribution in [2.75, 3.05) is 13.7 Å². The molecule has 0 aromatic carbocycles. The van der Waals surface area contributed by atoms with Crippen LogP contribution in [0, 0.1) is 5.92 Å². The smallest absolute Gasteiger partial charge is 0.0693 e. The van der Waals surface area contributed by atoms with E-state index in [2.05, 4.69) is 19.2 Å². The lowest BCUT2D eigenvalue weighted by Crippen LogP contribution is -2.45. The van der Waals surface area contributed by atoms with Crippen molar-refractivity contribution in [1.82, 2.24) is 5.32 Å². The number of methoxy groups -OCH3 is 1. The van der Waals surface area contributed by atoms with Gasteiger partial charge in [0.1, 0.15) is 0 Å². The molecule has 3 heteroatoms. The molecule has 4 atom stereocenters. The Morgan fingerprint density at radius 2 is 2.14 bits per heavy atom. The third-order valence-corrected chi connectivity index (χ3v) is 3.45. The third-order valence-electron chi connectivity index (χ3n) is 3.45. The first-order valence-corrected chi connectivity index (χ1v) is 5.58. The second-order valence-corrected chi connectivity index (χ2v) is 4.38. The van der Waals surface area contributed by atoms with E-state index in [1.807, 2.05) is 0 Å². The summed E-state index contributed by atoms with van der Waals surface area (Å²) in [5.74, 6) is 0.446. The van der Waals surface area contributed by atoms with Gasteiger partial charge in [0.25, 0.3) is 0 Å². The maximum atomic E-state index is 9.17. The Bertz CT molecular complexity index is 163. The van der Waals surface area contributed by atoms with Gasteiger partial charge in [-0.1, -0.05) is 6.42 Å². The molecule has 0 aliphatic heterocycles. The first kappa shape index (κ1) is 12.0. The van der Waals surface area contributed by atoms with E-state index in [0.717, 1.165) is 6.42 Å². The molecule has 1 rings (SSSR count). The van der Waals surface area contributed by atoms with Crippen LogP contribution in [0.15, 0.2) is 0 Å². The highest BCUT2D eigenvalue weighted by molar-refractivity contribution is 4.85. The molecular weight excluding hydrogens is 178 g/mol. The highest BCUT2D eigenvalue weighted by Crippen LogP contribution is 2.25. The zero-order chi connectivity index (χ0) is 10.6. The second kappa shape index (κ2) is 5.69. The lowest BCUT2D eigenvalue weighted by molar-refractivity contribution is 0.0791. The van der Waals surface area contributed by atoms with Gasteiger partial charge in [-0.05, 0) is 32.6 Å². The largest absolute Gasteiger partial charge is 0.396 e. The molecule has 0 radical (unpaired) electrons. The topological polar surface area (TPSA) is 41.5 Å². The lowest BCUT2D eigenvalue weighted by Gasteiger charge is -2.27. The zero-order valence-electron chi connectivity index (χ0n) is 9.49. The molecule has 0 heterocycles. The Labute approximate surface area is 86.8 Å². The van der Waals surface area contributed by atoms with Crippen molar-refractivity contribution in [3.63, 3.8) is 0 Å². The number of hydrogen-bond acceptors (Lipinski definition) is 3. The van der Waals surface area contributed by atoms with Crippen molar-refractivity contribution in [2.45, 2.75) is 51.3 Å². The minimum Gasteiger partial charge on any atom is -0.396 e. The van der Waals surface area contributed by atoms with Crippen molar-refractivity contribution in [1.29, 1.82) is 0 Å². The number of rotatable bonds is 5. The van der Waals surface area contributed by atoms with Crippen LogP contribution < -0.4 is 5.32 Å². The van der Waals surface area contributed by atoms with Crippen LogP contribution in [0.5, 0.6) is 0 Å². The van der Waals surface area contributed by atoms with E-state index in [0.29, 0.717) is 24.6 Å². The SMILES string of the molecule is COC(C)C(C)NC1CCCC1CO. The van der Waals surface area contributed by atoms with Crippen LogP contribution in [0.25, 0.3) is 0 Å². The van der Waals surface area contributed by atoms with E-state index in [1.165, 1.54) is 12.8 Å². The predicted molar refractivity (Wildman–Crippen MR) is 57.3 cm³/mol. The number of nitrogens with one attached hydrogen (secondary N) is 1. The molecular formula is C11H23NO2. The first-order valence-electron chi connectivity index (χ1n) is 5.58. The average Bonchev–Trinajstić information content (AvgIpc) is 2.63. The normalized spacial score (nSPS) is 31.7. The fourth-order valence-electron chi connectivity index (χ4n) is 2.15. The minimum absolute atomic E-state index is 0.231. The number of aliphatic hydroxyl groups excluding tert-OH is 1. The summed E-state index contributed by atoms with van der Waals surface area (Å²) in [6.07, 6.45) is 3.81. The lowest BCUT2D eigenvalue weighted by atomic mass is 10.0. The van der Waals surface area contributed by atoms with E-state index in [9.17, 15) is 5.11 Å². The van der Waals surface area contributed by atoms with E-state index in [4.69, 9.17) is 4.74 Å². The molecule has 1 aliphatic carbocycles. The predicted octanol–water partition coefficient (Wildman–Crippen LogP) is 1.16. The molecule has 1 saturated carbocycles. The monoisotopic (exact) mass is 201 g/mol. The first-order chi connectivity index (χ1) is 6.69. The molecule has 2 N–H and O–H groups in total. The van der Waals surface area contributed by atoms with Gasteiger partial charge in [-0.2, -0.15) is 0 Å². The molecule has 0 amide bonds. The van der Waals surface area contributed by atoms with Crippen molar-refractivity contribution in [3.05, 3.63) is 0 Å². The summed E-state index contributed by atoms with van der Waals surface area (Å²) in [7, 11) is 1.74. The maximum Gasteiger partial charge on any atom is 0.0693 e. The summed E-state index contributed by atoms with van der Waals surface area (Å²) in [6, 6.07) is 0.838. The quantitative estimate of drug-likeness (QED) is 0.701. The van der Waals surface area contributed by atoms with Crippen LogP contribution in [-0.4, -0.2) is 37.0 Å². The Balaban J connectivity index is 2.35. The minimum atomic E-state index is 0.231. The second-order valence-electron chi connectivity index (χ2n) is 4.38. The van der Waals surface area contributed by atoms with Gasteiger partial charge in [0.15, 0.2) is 0 Å². The van der Waals surface area contributed by atoms with Crippen molar-refractivity contribution in [3.8, 4) is 0 Å². The van der Waals surface area contributed by atoms with Crippen molar-refractivity contribution < 1.29 is 9.84 Å². The Hall–Kier alpha value is -0.120. The Morgan fingerprint density at radius 3 is 2.71 bits per heavy atom. The van der Waals surface area contributed by atoms with Crippen LogP contribution >= 0.6 is 0 Å². The summed E-state index contributed by atoms with van der Waals surface area (Å²) in [4.78, 5) is 0. The zero-order valence-corrected chi connectivity index (χ0v) is 9.49. The number of ether oxygens (including phenoxy) is 1. The Kier molecular flexibility index (Phi) is 4.85. The molecule has 14 heavy (non-hydrogen) atoms. The van der Waals surface area contributed by atoms with Gasteiger partial charge in [0.2, 0.25) is 0 Å². The summed E-state index contributed by atoms with van der Waals surface area (Å²) in [5, 5.41) is 12.7. The van der Waals surface area contributed by atoms with Crippen LogP contribution in [0.1, 0.15) is 33.1 Å². The van der Waals surface area contributed by atoms with Crippen LogP contribution in [0.2, 0.25) is 0 Å². The molecule has 1 fully saturated rings. The maximum absolute atomic E-state index is 9.17. The summed E-state index contributed by atoms with van der Waals surface area (Å²) >= 11 is 0. The number of aliphatic hydroxyl groups is 1. The molecule has 0 spiro atoms. The molecule has 0 aromatic heterocycles. The van der Waals surface area contributed by atoms with Crippen LogP contribution in [0.4, 0.5) is 0 Å². The van der Waals surface area contributed by atoms with Crippen molar-refractivity contribution in [2.24, 2.45) is 5.92 Å². The Morgan fingerprint density at radius 1 is 1.43 bits per heavy atom. The molecule has 1 aliphatic rings. The van der Waals surface area contributed by atoms with E-state index in [-0.39, 0.29) is 6.10 Å². The molecule has 0 saturated heterocycles. The fraction of sp³-hybridized carbons (Fsp3) is 1.00. The van der Waals surface area contributed by atoms with Gasteiger partial charge >= 0.3 is 0 Å². The van der Waals surface area contributed by atoms with E-state index < -0.39 is 0 Å². The highest BCUT2D eigenvalue weighted by Gasteiger charge is 2.28. The summed E-state index contributed by atoms with van der Waals surface area (Å²) in [6.45, 7) is 4.52. The van der Waals surface area contributed by atoms with E-state index >= 15 is 0 Å². The highest BCUT2D eigenvalue weighted by atomic mass is 16.5. The van der Waals surface area contributed by atoms with Crippen LogP contribution in [-0.2, 0) is 4.74 Å². The number of hydrogen-bond donors (Lipinski definition) is 2. The fourth-order valence-corrected chi connectivity index (χ4v) is 2.15. The summed E-state index contributed by atoms with van der Waals surface area (Å²) < 4.78 is 5.27. The van der Waals surface area contributed by atoms with Gasteiger partial charge in [-0.25, -0.2) is 0 Å². The molecule has 3 nitrogen and oxygen atoms in total. The molecule has 0 bridgehead atoms. The molecule has 0 aromatic rings. The van der Waals surface area contributed by atoms with E-state index in [1.54, 1.807) is 7.11 Å². The average molecular weight is 201 g/mol. The van der Waals surface area contributed by atoms with Gasteiger partial charge in [-0.15, -0.1) is 0 Å². The standard InChI is InChI=1S/C11H23NO2/c1-8(9(2)14-3)12-11-6-4-5-10(11)7-13/h8-13H,4-7H2,1-3H3. The van der Waals surface area contributed by atoms with Gasteiger partial charge < -0.3 is 15.2 Å².